The molecule has 0 aliphatic heterocycles. The molecule has 2 aromatic carbocycles. The second-order valence-corrected chi connectivity index (χ2v) is 11.7. The fraction of sp³-hybridized carbons (Fsp3) is 0.105. The number of pyridine rings is 4. The molecule has 0 spiro atoms. The number of anilines is 2. The molecule has 1 amide bonds. The molecule has 4 N–H and O–H groups in total. The molecule has 0 fully saturated rings. The molecule has 0 saturated heterocycles. The molecule has 0 aliphatic carbocycles. The minimum atomic E-state index is -1.51. The molecule has 0 radical (unpaired) electrons. The van der Waals surface area contributed by atoms with Crippen LogP contribution in [0.1, 0.15) is 43.0 Å². The van der Waals surface area contributed by atoms with Crippen LogP contribution >= 0.6 is 0 Å². The summed E-state index contributed by atoms with van der Waals surface area (Å²) in [6.45, 7) is 0. The zero-order valence-electron chi connectivity index (χ0n) is 28.9. The molecule has 6 aromatic rings. The van der Waals surface area contributed by atoms with Gasteiger partial charge in [-0.15, -0.1) is 0 Å². The van der Waals surface area contributed by atoms with Crippen molar-refractivity contribution < 1.29 is 41.0 Å². The van der Waals surface area contributed by atoms with Gasteiger partial charge in [0.25, 0.3) is 5.91 Å². The van der Waals surface area contributed by atoms with E-state index < -0.39 is 46.8 Å². The van der Waals surface area contributed by atoms with E-state index in [1.54, 1.807) is 18.2 Å². The van der Waals surface area contributed by atoms with Gasteiger partial charge in [0.1, 0.15) is 11.6 Å². The van der Waals surface area contributed by atoms with Crippen LogP contribution < -0.4 is 22.2 Å². The Balaban J connectivity index is 0.000000204. The van der Waals surface area contributed by atoms with Crippen molar-refractivity contribution in [3.05, 3.63) is 187 Å². The fourth-order valence-electron chi connectivity index (χ4n) is 4.67. The van der Waals surface area contributed by atoms with E-state index in [0.29, 0.717) is 22.5 Å². The lowest BCUT2D eigenvalue weighted by Crippen LogP contribution is -2.19. The number of carbonyl (C=O) groups is 2. The number of hydrogen-bond acceptors (Lipinski definition) is 7. The Bertz CT molecular complexity index is 2410. The molecule has 6 rings (SSSR count). The number of carboxylic acid groups (broad SMARTS) is 1. The first-order valence-electron chi connectivity index (χ1n) is 15.8. The number of carboxylic acids is 1. The smallest absolute Gasteiger partial charge is 0.337 e. The van der Waals surface area contributed by atoms with Gasteiger partial charge >= 0.3 is 5.97 Å². The SMILES string of the molecule is Cn1cc(C(=O)Nc2ccc(Cc3cc(F)c(F)c(F)c3)cn2)ccc1=O.Cn1cc(C(=O)O)ccc1=O.Nc1ccc(Cc2cc(F)c(F)c(F)c2)cn1. The molecule has 4 heterocycles. The minimum absolute atomic E-state index is 0.118. The Morgan fingerprint density at radius 3 is 1.47 bits per heavy atom. The lowest BCUT2D eigenvalue weighted by molar-refractivity contribution is 0.0695. The number of nitrogen functional groups attached to an aromatic ring is 1. The van der Waals surface area contributed by atoms with Gasteiger partial charge in [0.2, 0.25) is 11.1 Å². The summed E-state index contributed by atoms with van der Waals surface area (Å²) in [7, 11) is 3.04. The molecular formula is C38H30F6N6O5. The number of amides is 1. The van der Waals surface area contributed by atoms with E-state index in [1.165, 1.54) is 78.3 Å². The number of halogens is 6. The maximum atomic E-state index is 13.3. The molecule has 11 nitrogen and oxygen atoms in total. The zero-order chi connectivity index (χ0) is 40.4. The van der Waals surface area contributed by atoms with E-state index >= 15 is 0 Å². The first-order valence-corrected chi connectivity index (χ1v) is 15.8. The molecule has 0 aliphatic rings. The highest BCUT2D eigenvalue weighted by Gasteiger charge is 2.13. The molecular weight excluding hydrogens is 734 g/mol. The van der Waals surface area contributed by atoms with Crippen molar-refractivity contribution in [3.63, 3.8) is 0 Å². The van der Waals surface area contributed by atoms with Crippen LogP contribution in [0.25, 0.3) is 0 Å². The van der Waals surface area contributed by atoms with E-state index in [0.717, 1.165) is 29.8 Å². The molecule has 55 heavy (non-hydrogen) atoms. The highest BCUT2D eigenvalue weighted by atomic mass is 19.2. The number of aryl methyl sites for hydroxylation is 2. The predicted molar refractivity (Wildman–Crippen MR) is 189 cm³/mol. The quantitative estimate of drug-likeness (QED) is 0.136. The number of benzene rings is 2. The lowest BCUT2D eigenvalue weighted by Gasteiger charge is -2.07. The number of hydrogen-bond donors (Lipinski definition) is 3. The van der Waals surface area contributed by atoms with Gasteiger partial charge in [0, 0.05) is 51.0 Å². The van der Waals surface area contributed by atoms with Gasteiger partial charge in [-0.1, -0.05) is 12.1 Å². The van der Waals surface area contributed by atoms with Crippen LogP contribution in [-0.2, 0) is 26.9 Å². The van der Waals surface area contributed by atoms with Crippen LogP contribution in [0, 0.1) is 34.9 Å². The van der Waals surface area contributed by atoms with Crippen molar-refractivity contribution in [1.82, 2.24) is 19.1 Å². The van der Waals surface area contributed by atoms with Gasteiger partial charge in [0.15, 0.2) is 34.9 Å². The summed E-state index contributed by atoms with van der Waals surface area (Å²) < 4.78 is 80.7. The minimum Gasteiger partial charge on any atom is -0.478 e. The van der Waals surface area contributed by atoms with E-state index in [2.05, 4.69) is 15.3 Å². The first kappa shape index (κ1) is 40.7. The van der Waals surface area contributed by atoms with Crippen LogP contribution in [0.2, 0.25) is 0 Å². The maximum Gasteiger partial charge on any atom is 0.337 e. The Kier molecular flexibility index (Phi) is 13.4. The highest BCUT2D eigenvalue weighted by molar-refractivity contribution is 6.03. The molecule has 0 bridgehead atoms. The largest absolute Gasteiger partial charge is 0.478 e. The number of aromatic nitrogens is 4. The summed E-state index contributed by atoms with van der Waals surface area (Å²) >= 11 is 0. The van der Waals surface area contributed by atoms with Crippen molar-refractivity contribution >= 4 is 23.5 Å². The van der Waals surface area contributed by atoms with Crippen molar-refractivity contribution in [2.75, 3.05) is 11.1 Å². The Morgan fingerprint density at radius 1 is 0.636 bits per heavy atom. The monoisotopic (exact) mass is 764 g/mol. The van der Waals surface area contributed by atoms with Crippen LogP contribution in [-0.4, -0.2) is 36.1 Å². The maximum absolute atomic E-state index is 13.3. The number of carbonyl (C=O) groups excluding carboxylic acids is 1. The third-order valence-corrected chi connectivity index (χ3v) is 7.50. The molecule has 4 aromatic heterocycles. The Hall–Kier alpha value is -7.04. The van der Waals surface area contributed by atoms with E-state index in [4.69, 9.17) is 10.8 Å². The Morgan fingerprint density at radius 2 is 1.07 bits per heavy atom. The summed E-state index contributed by atoms with van der Waals surface area (Å²) in [4.78, 5) is 52.6. The van der Waals surface area contributed by atoms with Crippen molar-refractivity contribution in [1.29, 1.82) is 0 Å². The average molecular weight is 765 g/mol. The topological polar surface area (TPSA) is 162 Å². The van der Waals surface area contributed by atoms with Gasteiger partial charge in [-0.05, 0) is 83.6 Å². The molecule has 284 valence electrons. The second-order valence-electron chi connectivity index (χ2n) is 11.7. The molecule has 17 heteroatoms. The van der Waals surface area contributed by atoms with Crippen molar-refractivity contribution in [2.24, 2.45) is 14.1 Å². The number of nitrogens with zero attached hydrogens (tertiary/aromatic N) is 4. The number of rotatable bonds is 7. The second kappa shape index (κ2) is 18.1. The van der Waals surface area contributed by atoms with Crippen LogP contribution in [0.15, 0.2) is 107 Å². The summed E-state index contributed by atoms with van der Waals surface area (Å²) in [5, 5.41) is 11.1. The Labute approximate surface area is 308 Å². The summed E-state index contributed by atoms with van der Waals surface area (Å²) in [5.41, 5.74) is 7.34. The van der Waals surface area contributed by atoms with Crippen LogP contribution in [0.3, 0.4) is 0 Å². The summed E-state index contributed by atoms with van der Waals surface area (Å²) in [6.07, 6.45) is 6.05. The molecule has 0 atom stereocenters. The van der Waals surface area contributed by atoms with E-state index in [9.17, 15) is 45.5 Å². The van der Waals surface area contributed by atoms with Gasteiger partial charge in [-0.3, -0.25) is 14.4 Å². The van der Waals surface area contributed by atoms with E-state index in [-0.39, 0.29) is 40.9 Å². The summed E-state index contributed by atoms with van der Waals surface area (Å²) in [5.74, 6) is -8.67. The zero-order valence-corrected chi connectivity index (χ0v) is 28.9. The third-order valence-electron chi connectivity index (χ3n) is 7.50. The lowest BCUT2D eigenvalue weighted by atomic mass is 10.1. The van der Waals surface area contributed by atoms with Crippen molar-refractivity contribution in [2.45, 2.75) is 12.8 Å². The molecule has 0 unspecified atom stereocenters. The first-order chi connectivity index (χ1) is 26.0. The standard InChI is InChI=1S/C19H14F3N3O2.C12H9F3N2.C7H7NO3/c1-25-10-13(3-5-17(25)26)19(27)24-16-4-2-11(9-23-16)6-12-7-14(20)18(22)15(21)8-12;13-9-4-8(5-10(14)12(9)15)3-7-1-2-11(16)17-6-7;1-8-4-5(7(10)11)2-3-6(8)9/h2-5,7-10H,6H2,1H3,(H,23,24,27);1-2,4-6H,3H2,(H2,16,17);2-4H,1H3,(H,10,11). The molecule has 0 saturated carbocycles. The predicted octanol–water partition coefficient (Wildman–Crippen LogP) is 5.80. The number of nitrogens with one attached hydrogen (secondary N) is 1. The van der Waals surface area contributed by atoms with Crippen LogP contribution in [0.4, 0.5) is 38.0 Å². The van der Waals surface area contributed by atoms with Gasteiger partial charge in [-0.2, -0.15) is 0 Å². The third kappa shape index (κ3) is 11.5. The highest BCUT2D eigenvalue weighted by Crippen LogP contribution is 2.18. The average Bonchev–Trinajstić information content (AvgIpc) is 3.14. The number of nitrogens with two attached hydrogens (primary N) is 1. The van der Waals surface area contributed by atoms with Gasteiger partial charge in [0.05, 0.1) is 11.1 Å². The normalized spacial score (nSPS) is 10.4. The van der Waals surface area contributed by atoms with Crippen LogP contribution in [0.5, 0.6) is 0 Å². The fourth-order valence-corrected chi connectivity index (χ4v) is 4.67. The van der Waals surface area contributed by atoms with Crippen molar-refractivity contribution in [3.8, 4) is 0 Å². The van der Waals surface area contributed by atoms with Gasteiger partial charge in [-0.25, -0.2) is 41.1 Å². The van der Waals surface area contributed by atoms with Gasteiger partial charge < -0.3 is 25.3 Å². The summed E-state index contributed by atoms with van der Waals surface area (Å²) in [6, 6.07) is 15.4. The number of aromatic carboxylic acids is 1. The van der Waals surface area contributed by atoms with E-state index in [1.807, 2.05) is 0 Å².